The van der Waals surface area contributed by atoms with Crippen molar-refractivity contribution in [2.45, 2.75) is 30.8 Å². The molecule has 0 bridgehead atoms. The molecule has 3 aliphatic rings. The summed E-state index contributed by atoms with van der Waals surface area (Å²) < 4.78 is 42.3. The second-order valence-corrected chi connectivity index (χ2v) is 11.8. The van der Waals surface area contributed by atoms with Crippen molar-refractivity contribution in [2.75, 3.05) is 32.6 Å². The van der Waals surface area contributed by atoms with E-state index < -0.39 is 16.1 Å². The minimum Gasteiger partial charge on any atom is -0.470 e. The molecule has 0 spiro atoms. The number of aliphatic hydroxyl groups is 1. The van der Waals surface area contributed by atoms with Crippen LogP contribution in [0.2, 0.25) is 5.02 Å². The Hall–Kier alpha value is -2.47. The van der Waals surface area contributed by atoms with Crippen molar-refractivity contribution >= 4 is 38.2 Å². The zero-order chi connectivity index (χ0) is 25.0. The monoisotopic (exact) mass is 531 g/mol. The smallest absolute Gasteiger partial charge is 0.211 e. The molecule has 0 amide bonds. The molecule has 2 N–H and O–H groups in total. The number of aromatic amines is 1. The summed E-state index contributed by atoms with van der Waals surface area (Å²) in [6.45, 7) is 1.46. The van der Waals surface area contributed by atoms with Crippen LogP contribution in [0.5, 0.6) is 5.88 Å². The zero-order valence-electron chi connectivity index (χ0n) is 19.6. The van der Waals surface area contributed by atoms with E-state index in [1.807, 2.05) is 42.5 Å². The minimum atomic E-state index is -3.18. The Morgan fingerprint density at radius 1 is 1.14 bits per heavy atom. The summed E-state index contributed by atoms with van der Waals surface area (Å²) in [6.07, 6.45) is 2.27. The summed E-state index contributed by atoms with van der Waals surface area (Å²) in [7, 11) is -3.18. The SMILES string of the molecule is CS(=O)(=O)N1CC=C(c2ccc(-c3nc4cc(O[C@@H]5COC6[C@H](O)CO[C@@H]65)[nH]c4cc3Cl)cc2)CC1. The van der Waals surface area contributed by atoms with Crippen LogP contribution in [0.3, 0.4) is 0 Å². The lowest BCUT2D eigenvalue weighted by Crippen LogP contribution is -2.34. The van der Waals surface area contributed by atoms with E-state index in [-0.39, 0.29) is 24.9 Å². The number of fused-ring (bicyclic) bond motifs is 2. The van der Waals surface area contributed by atoms with Gasteiger partial charge in [-0.15, -0.1) is 0 Å². The molecule has 6 rings (SSSR count). The number of rotatable bonds is 5. The predicted molar refractivity (Wildman–Crippen MR) is 135 cm³/mol. The molecular weight excluding hydrogens is 506 g/mol. The van der Waals surface area contributed by atoms with Crippen LogP contribution >= 0.6 is 11.6 Å². The molecule has 2 aromatic heterocycles. The summed E-state index contributed by atoms with van der Waals surface area (Å²) in [5.74, 6) is 0.535. The Bertz CT molecular complexity index is 1440. The lowest BCUT2D eigenvalue weighted by Gasteiger charge is -2.24. The molecule has 0 saturated carbocycles. The number of benzene rings is 1. The van der Waals surface area contributed by atoms with Crippen molar-refractivity contribution in [2.24, 2.45) is 0 Å². The molecule has 0 radical (unpaired) electrons. The van der Waals surface area contributed by atoms with Crippen LogP contribution in [0.4, 0.5) is 0 Å². The zero-order valence-corrected chi connectivity index (χ0v) is 21.1. The highest BCUT2D eigenvalue weighted by molar-refractivity contribution is 7.88. The van der Waals surface area contributed by atoms with Crippen LogP contribution in [0, 0.1) is 0 Å². The minimum absolute atomic E-state index is 0.248. The molecule has 1 unspecified atom stereocenters. The molecule has 0 aliphatic carbocycles. The highest BCUT2D eigenvalue weighted by atomic mass is 35.5. The summed E-state index contributed by atoms with van der Waals surface area (Å²) in [6, 6.07) is 11.6. The molecule has 1 aromatic carbocycles. The first-order valence-electron chi connectivity index (χ1n) is 11.8. The van der Waals surface area contributed by atoms with Gasteiger partial charge >= 0.3 is 0 Å². The Balaban J connectivity index is 1.20. The quantitative estimate of drug-likeness (QED) is 0.520. The van der Waals surface area contributed by atoms with Gasteiger partial charge in [0.15, 0.2) is 12.0 Å². The van der Waals surface area contributed by atoms with Crippen molar-refractivity contribution in [1.82, 2.24) is 14.3 Å². The van der Waals surface area contributed by atoms with Crippen molar-refractivity contribution in [3.05, 3.63) is 53.1 Å². The molecule has 3 aliphatic heterocycles. The van der Waals surface area contributed by atoms with Crippen LogP contribution in [-0.2, 0) is 19.5 Å². The molecule has 9 nitrogen and oxygen atoms in total. The topological polar surface area (TPSA) is 114 Å². The largest absolute Gasteiger partial charge is 0.470 e. The maximum Gasteiger partial charge on any atom is 0.211 e. The normalized spacial score (nSPS) is 26.8. The average molecular weight is 532 g/mol. The van der Waals surface area contributed by atoms with Crippen molar-refractivity contribution in [3.8, 4) is 17.1 Å². The van der Waals surface area contributed by atoms with Gasteiger partial charge in [-0.2, -0.15) is 4.31 Å². The molecule has 5 heterocycles. The number of pyridine rings is 1. The number of sulfonamides is 1. The lowest BCUT2D eigenvalue weighted by molar-refractivity contribution is 0.00794. The van der Waals surface area contributed by atoms with E-state index in [0.29, 0.717) is 48.2 Å². The number of H-pyrrole nitrogens is 1. The summed E-state index contributed by atoms with van der Waals surface area (Å²) >= 11 is 6.59. The number of nitrogens with zero attached hydrogens (tertiary/aromatic N) is 2. The van der Waals surface area contributed by atoms with E-state index in [2.05, 4.69) is 4.98 Å². The molecular formula is C25H26ClN3O6S. The van der Waals surface area contributed by atoms with E-state index in [1.165, 1.54) is 10.6 Å². The van der Waals surface area contributed by atoms with Gasteiger partial charge in [0, 0.05) is 24.7 Å². The third-order valence-electron chi connectivity index (χ3n) is 6.96. The van der Waals surface area contributed by atoms with Gasteiger partial charge in [0.25, 0.3) is 0 Å². The van der Waals surface area contributed by atoms with Crippen LogP contribution < -0.4 is 4.74 Å². The molecule has 11 heteroatoms. The second kappa shape index (κ2) is 9.13. The predicted octanol–water partition coefficient (Wildman–Crippen LogP) is 2.84. The molecule has 4 atom stereocenters. The first-order valence-corrected chi connectivity index (χ1v) is 14.0. The van der Waals surface area contributed by atoms with E-state index in [0.717, 1.165) is 22.2 Å². The van der Waals surface area contributed by atoms with Gasteiger partial charge in [0.1, 0.15) is 18.3 Å². The third-order valence-corrected chi connectivity index (χ3v) is 8.52. The number of hydrogen-bond acceptors (Lipinski definition) is 7. The molecule has 3 aromatic rings. The number of aliphatic hydroxyl groups excluding tert-OH is 1. The molecule has 2 saturated heterocycles. The molecule has 190 valence electrons. The fourth-order valence-electron chi connectivity index (χ4n) is 5.04. The Morgan fingerprint density at radius 3 is 2.61 bits per heavy atom. The van der Waals surface area contributed by atoms with Gasteiger partial charge in [0.2, 0.25) is 10.0 Å². The number of halogens is 1. The highest BCUT2D eigenvalue weighted by Crippen LogP contribution is 2.34. The average Bonchev–Trinajstić information content (AvgIpc) is 3.55. The second-order valence-electron chi connectivity index (χ2n) is 9.38. The van der Waals surface area contributed by atoms with Crippen LogP contribution in [0.15, 0.2) is 42.5 Å². The van der Waals surface area contributed by atoms with E-state index >= 15 is 0 Å². The Morgan fingerprint density at radius 2 is 1.89 bits per heavy atom. The van der Waals surface area contributed by atoms with Gasteiger partial charge in [0.05, 0.1) is 41.2 Å². The lowest BCUT2D eigenvalue weighted by atomic mass is 9.98. The summed E-state index contributed by atoms with van der Waals surface area (Å²) in [5, 5.41) is 10.4. The Labute approximate surface area is 213 Å². The van der Waals surface area contributed by atoms with E-state index in [9.17, 15) is 13.5 Å². The Kier molecular flexibility index (Phi) is 6.06. The van der Waals surface area contributed by atoms with Crippen molar-refractivity contribution in [3.63, 3.8) is 0 Å². The molecule has 2 fully saturated rings. The molecule has 36 heavy (non-hydrogen) atoms. The van der Waals surface area contributed by atoms with Crippen LogP contribution in [0.25, 0.3) is 27.9 Å². The maximum absolute atomic E-state index is 11.7. The highest BCUT2D eigenvalue weighted by Gasteiger charge is 2.48. The standard InChI is InChI=1S/C25H26ClN3O6S/c1-36(31,32)29-8-6-15(7-9-29)14-2-4-16(5-3-14)23-17(26)10-18-19(28-23)11-22(27-18)35-21-13-34-24-20(30)12-33-25(21)24/h2-6,10-11,20-21,24-25,27,30H,7-9,12-13H2,1H3/t20-,21-,24?,25-/m1/s1. The number of ether oxygens (including phenoxy) is 3. The van der Waals surface area contributed by atoms with Gasteiger partial charge in [-0.3, -0.25) is 0 Å². The van der Waals surface area contributed by atoms with Crippen molar-refractivity contribution in [1.29, 1.82) is 0 Å². The first-order chi connectivity index (χ1) is 17.3. The van der Waals surface area contributed by atoms with Gasteiger partial charge in [-0.25, -0.2) is 13.4 Å². The summed E-state index contributed by atoms with van der Waals surface area (Å²) in [4.78, 5) is 7.97. The number of aromatic nitrogens is 2. The van der Waals surface area contributed by atoms with Gasteiger partial charge in [-0.1, -0.05) is 41.9 Å². The van der Waals surface area contributed by atoms with Crippen molar-refractivity contribution < 1.29 is 27.7 Å². The van der Waals surface area contributed by atoms with Gasteiger partial charge in [-0.05, 0) is 23.6 Å². The first kappa shape index (κ1) is 23.9. The third kappa shape index (κ3) is 4.42. The fraction of sp³-hybridized carbons (Fsp3) is 0.400. The maximum atomic E-state index is 11.7. The van der Waals surface area contributed by atoms with E-state index in [1.54, 1.807) is 0 Å². The van der Waals surface area contributed by atoms with E-state index in [4.69, 9.17) is 30.8 Å². The number of hydrogen-bond donors (Lipinski definition) is 2. The number of nitrogens with one attached hydrogen (secondary N) is 1. The fourth-order valence-corrected chi connectivity index (χ4v) is 6.07. The van der Waals surface area contributed by atoms with Crippen LogP contribution in [0.1, 0.15) is 12.0 Å². The van der Waals surface area contributed by atoms with Crippen LogP contribution in [-0.4, -0.2) is 84.8 Å². The summed E-state index contributed by atoms with van der Waals surface area (Å²) in [5.41, 5.74) is 5.18. The van der Waals surface area contributed by atoms with Gasteiger partial charge < -0.3 is 24.3 Å².